The summed E-state index contributed by atoms with van der Waals surface area (Å²) < 4.78 is 22.6. The highest BCUT2D eigenvalue weighted by molar-refractivity contribution is 5.97. The van der Waals surface area contributed by atoms with Crippen LogP contribution in [0.15, 0.2) is 17.1 Å². The molecule has 2 N–H and O–H groups in total. The average molecular weight is 389 g/mol. The molecule has 1 aliphatic heterocycles. The number of halogens is 1. The molecule has 1 saturated carbocycles. The molecule has 1 atom stereocenters. The fraction of sp³-hybridized carbons (Fsp3) is 0.500. The molecule has 4 rings (SSSR count). The monoisotopic (exact) mass is 389 g/mol. The second kappa shape index (κ2) is 7.09. The van der Waals surface area contributed by atoms with Crippen molar-refractivity contribution < 1.29 is 19.0 Å². The van der Waals surface area contributed by atoms with Crippen molar-refractivity contribution in [2.75, 3.05) is 38.7 Å². The standard InChI is InChI=1S/C20H24FN3O4/c1-22-8-11-5-6-23(9-11)17-15(21)7-13-16(19(17)28-2)24(12-3-4-12)10-14(18(13)25)20(26)27/h7,10-12,22H,3-6,8-9H2,1-2H3,(H,26,27). The molecular weight excluding hydrogens is 365 g/mol. The smallest absolute Gasteiger partial charge is 0.341 e. The van der Waals surface area contributed by atoms with E-state index in [1.54, 1.807) is 4.57 Å². The number of benzene rings is 1. The summed E-state index contributed by atoms with van der Waals surface area (Å²) in [5, 5.41) is 12.6. The minimum absolute atomic E-state index is 0.0517. The van der Waals surface area contributed by atoms with Crippen molar-refractivity contribution in [3.05, 3.63) is 33.9 Å². The molecule has 0 radical (unpaired) electrons. The number of aromatic carboxylic acids is 1. The Morgan fingerprint density at radius 2 is 2.14 bits per heavy atom. The number of ether oxygens (including phenoxy) is 1. The lowest BCUT2D eigenvalue weighted by atomic mass is 10.1. The van der Waals surface area contributed by atoms with Crippen molar-refractivity contribution in [3.8, 4) is 5.75 Å². The molecule has 1 aliphatic carbocycles. The number of nitrogens with one attached hydrogen (secondary N) is 1. The third kappa shape index (κ3) is 3.01. The third-order valence-corrected chi connectivity index (χ3v) is 5.67. The van der Waals surface area contributed by atoms with Crippen LogP contribution in [0, 0.1) is 11.7 Å². The Balaban J connectivity index is 1.95. The van der Waals surface area contributed by atoms with Crippen molar-refractivity contribution in [1.29, 1.82) is 0 Å². The van der Waals surface area contributed by atoms with Crippen LogP contribution in [0.3, 0.4) is 0 Å². The van der Waals surface area contributed by atoms with Gasteiger partial charge in [-0.15, -0.1) is 0 Å². The van der Waals surface area contributed by atoms with Crippen LogP contribution in [0.2, 0.25) is 0 Å². The van der Waals surface area contributed by atoms with E-state index in [0.29, 0.717) is 36.0 Å². The average Bonchev–Trinajstić information content (AvgIpc) is 3.40. The molecule has 2 aliphatic rings. The third-order valence-electron chi connectivity index (χ3n) is 5.67. The Labute approximate surface area is 161 Å². The number of fused-ring (bicyclic) bond motifs is 1. The molecule has 28 heavy (non-hydrogen) atoms. The lowest BCUT2D eigenvalue weighted by Gasteiger charge is -2.24. The number of carboxylic acid groups (broad SMARTS) is 1. The van der Waals surface area contributed by atoms with E-state index in [4.69, 9.17) is 4.74 Å². The van der Waals surface area contributed by atoms with Crippen LogP contribution < -0.4 is 20.4 Å². The van der Waals surface area contributed by atoms with E-state index < -0.39 is 17.2 Å². The Morgan fingerprint density at radius 3 is 2.75 bits per heavy atom. The van der Waals surface area contributed by atoms with Crippen molar-refractivity contribution in [1.82, 2.24) is 9.88 Å². The number of rotatable bonds is 6. The summed E-state index contributed by atoms with van der Waals surface area (Å²) in [6.07, 6.45) is 4.10. The molecule has 2 fully saturated rings. The van der Waals surface area contributed by atoms with Crippen LogP contribution in [0.5, 0.6) is 5.75 Å². The summed E-state index contributed by atoms with van der Waals surface area (Å²) in [6, 6.07) is 1.27. The number of carboxylic acids is 1. The van der Waals surface area contributed by atoms with E-state index in [1.807, 2.05) is 11.9 Å². The number of anilines is 1. The first-order valence-electron chi connectivity index (χ1n) is 9.54. The molecule has 0 spiro atoms. The van der Waals surface area contributed by atoms with E-state index in [9.17, 15) is 14.7 Å². The van der Waals surface area contributed by atoms with Crippen molar-refractivity contribution >= 4 is 22.6 Å². The van der Waals surface area contributed by atoms with Gasteiger partial charge >= 0.3 is 5.97 Å². The first kappa shape index (κ1) is 18.7. The van der Waals surface area contributed by atoms with E-state index in [0.717, 1.165) is 25.8 Å². The molecule has 150 valence electrons. The Bertz CT molecular complexity index is 999. The number of methoxy groups -OCH3 is 1. The van der Waals surface area contributed by atoms with Gasteiger partial charge in [0.2, 0.25) is 5.43 Å². The van der Waals surface area contributed by atoms with Crippen LogP contribution in [-0.4, -0.2) is 49.4 Å². The number of hydrogen-bond donors (Lipinski definition) is 2. The summed E-state index contributed by atoms with van der Waals surface area (Å²) in [6.45, 7) is 2.25. The summed E-state index contributed by atoms with van der Waals surface area (Å²) >= 11 is 0. The second-order valence-corrected chi connectivity index (χ2v) is 7.61. The largest absolute Gasteiger partial charge is 0.492 e. The molecule has 1 saturated heterocycles. The van der Waals surface area contributed by atoms with Crippen molar-refractivity contribution in [2.24, 2.45) is 5.92 Å². The minimum Gasteiger partial charge on any atom is -0.492 e. The maximum atomic E-state index is 15.2. The zero-order valence-corrected chi connectivity index (χ0v) is 16.0. The van der Waals surface area contributed by atoms with Crippen LogP contribution in [0.1, 0.15) is 35.7 Å². The molecule has 0 bridgehead atoms. The van der Waals surface area contributed by atoms with Gasteiger partial charge in [0.05, 0.1) is 18.0 Å². The number of nitrogens with zero attached hydrogens (tertiary/aromatic N) is 2. The van der Waals surface area contributed by atoms with Gasteiger partial charge in [-0.2, -0.15) is 0 Å². The van der Waals surface area contributed by atoms with Crippen LogP contribution in [-0.2, 0) is 0 Å². The van der Waals surface area contributed by atoms with Gasteiger partial charge in [-0.25, -0.2) is 9.18 Å². The van der Waals surface area contributed by atoms with Gasteiger partial charge in [-0.3, -0.25) is 4.79 Å². The Morgan fingerprint density at radius 1 is 1.39 bits per heavy atom. The first-order chi connectivity index (χ1) is 13.5. The molecule has 7 nitrogen and oxygen atoms in total. The number of carbonyl (C=O) groups is 1. The lowest BCUT2D eigenvalue weighted by molar-refractivity contribution is 0.0695. The maximum Gasteiger partial charge on any atom is 0.341 e. The highest BCUT2D eigenvalue weighted by Crippen LogP contribution is 2.44. The van der Waals surface area contributed by atoms with Crippen LogP contribution in [0.25, 0.3) is 10.9 Å². The van der Waals surface area contributed by atoms with E-state index in [2.05, 4.69) is 5.32 Å². The highest BCUT2D eigenvalue weighted by atomic mass is 19.1. The molecule has 1 aromatic carbocycles. The van der Waals surface area contributed by atoms with Gasteiger partial charge < -0.3 is 24.6 Å². The first-order valence-corrected chi connectivity index (χ1v) is 9.54. The van der Waals surface area contributed by atoms with Gasteiger partial charge in [0.25, 0.3) is 0 Å². The van der Waals surface area contributed by atoms with Gasteiger partial charge in [0, 0.05) is 25.3 Å². The van der Waals surface area contributed by atoms with E-state index in [-0.39, 0.29) is 17.0 Å². The molecule has 2 aromatic rings. The fourth-order valence-electron chi connectivity index (χ4n) is 4.22. The Hall–Kier alpha value is -2.61. The number of pyridine rings is 1. The van der Waals surface area contributed by atoms with Gasteiger partial charge in [0.15, 0.2) is 11.6 Å². The normalized spacial score (nSPS) is 19.4. The van der Waals surface area contributed by atoms with Crippen molar-refractivity contribution in [2.45, 2.75) is 25.3 Å². The molecule has 0 amide bonds. The highest BCUT2D eigenvalue weighted by Gasteiger charge is 2.33. The van der Waals surface area contributed by atoms with E-state index >= 15 is 4.39 Å². The van der Waals surface area contributed by atoms with Gasteiger partial charge in [-0.1, -0.05) is 0 Å². The SMILES string of the molecule is CNCC1CCN(c2c(F)cc3c(=O)c(C(=O)O)cn(C4CC4)c3c2OC)C1. The number of hydrogen-bond acceptors (Lipinski definition) is 5. The number of aromatic nitrogens is 1. The fourth-order valence-corrected chi connectivity index (χ4v) is 4.22. The van der Waals surface area contributed by atoms with Gasteiger partial charge in [0.1, 0.15) is 11.3 Å². The van der Waals surface area contributed by atoms with E-state index in [1.165, 1.54) is 19.4 Å². The molecular formula is C20H24FN3O4. The topological polar surface area (TPSA) is 83.8 Å². The summed E-state index contributed by atoms with van der Waals surface area (Å²) in [5.41, 5.74) is -0.194. The summed E-state index contributed by atoms with van der Waals surface area (Å²) in [7, 11) is 3.36. The zero-order valence-electron chi connectivity index (χ0n) is 16.0. The predicted octanol–water partition coefficient (Wildman–Crippen LogP) is 2.23. The van der Waals surface area contributed by atoms with Crippen molar-refractivity contribution in [3.63, 3.8) is 0 Å². The predicted molar refractivity (Wildman–Crippen MR) is 104 cm³/mol. The zero-order chi connectivity index (χ0) is 20.0. The quantitative estimate of drug-likeness (QED) is 0.788. The van der Waals surface area contributed by atoms with Crippen LogP contribution in [0.4, 0.5) is 10.1 Å². The maximum absolute atomic E-state index is 15.2. The summed E-state index contributed by atoms with van der Waals surface area (Å²) in [4.78, 5) is 26.2. The van der Waals surface area contributed by atoms with Crippen LogP contribution >= 0.6 is 0 Å². The molecule has 1 aromatic heterocycles. The lowest BCUT2D eigenvalue weighted by Crippen LogP contribution is -2.26. The van der Waals surface area contributed by atoms with Gasteiger partial charge in [-0.05, 0) is 44.8 Å². The molecule has 2 heterocycles. The molecule has 8 heteroatoms. The molecule has 1 unspecified atom stereocenters. The Kier molecular flexibility index (Phi) is 4.74. The second-order valence-electron chi connectivity index (χ2n) is 7.61. The summed E-state index contributed by atoms with van der Waals surface area (Å²) in [5.74, 6) is -1.15. The minimum atomic E-state index is -1.31.